The van der Waals surface area contributed by atoms with Gasteiger partial charge in [-0.05, 0) is 46.7 Å². The Labute approximate surface area is 104 Å². The number of hydrogen-bond acceptors (Lipinski definition) is 4. The molecule has 0 saturated carbocycles. The summed E-state index contributed by atoms with van der Waals surface area (Å²) in [6.07, 6.45) is 1.69. The Morgan fingerprint density at radius 3 is 2.82 bits per heavy atom. The number of nitrogens with zero attached hydrogens (tertiary/aromatic N) is 1. The predicted octanol–water partition coefficient (Wildman–Crippen LogP) is 0.934. The van der Waals surface area contributed by atoms with Crippen molar-refractivity contribution in [2.45, 2.75) is 45.3 Å². The predicted molar refractivity (Wildman–Crippen MR) is 67.9 cm³/mol. The van der Waals surface area contributed by atoms with Crippen LogP contribution in [0.2, 0.25) is 0 Å². The first-order chi connectivity index (χ1) is 7.90. The third-order valence-electron chi connectivity index (χ3n) is 2.67. The number of hydrogen-bond donors (Lipinski definition) is 2. The molecule has 100 valence electrons. The zero-order chi connectivity index (χ0) is 12.9. The Bertz CT molecular complexity index is 251. The summed E-state index contributed by atoms with van der Waals surface area (Å²) in [6, 6.07) is 0.211. The van der Waals surface area contributed by atoms with Gasteiger partial charge in [-0.15, -0.1) is 0 Å². The Kier molecular flexibility index (Phi) is 5.21. The first-order valence-corrected chi connectivity index (χ1v) is 6.32. The summed E-state index contributed by atoms with van der Waals surface area (Å²) in [5, 5.41) is 2.91. The van der Waals surface area contributed by atoms with Gasteiger partial charge in [0, 0.05) is 19.1 Å². The molecule has 1 rings (SSSR count). The monoisotopic (exact) mass is 243 g/mol. The third kappa shape index (κ3) is 5.89. The molecule has 5 heteroatoms. The van der Waals surface area contributed by atoms with Gasteiger partial charge in [-0.2, -0.15) is 0 Å². The number of amides is 1. The van der Waals surface area contributed by atoms with E-state index in [1.165, 1.54) is 0 Å². The topological polar surface area (TPSA) is 67.6 Å². The summed E-state index contributed by atoms with van der Waals surface area (Å²) in [5.41, 5.74) is 5.05. The number of ether oxygens (including phenoxy) is 1. The molecule has 0 aliphatic carbocycles. The van der Waals surface area contributed by atoms with Crippen molar-refractivity contribution in [3.05, 3.63) is 0 Å². The maximum absolute atomic E-state index is 11.6. The minimum Gasteiger partial charge on any atom is -0.444 e. The molecule has 1 fully saturated rings. The van der Waals surface area contributed by atoms with Gasteiger partial charge in [0.15, 0.2) is 0 Å². The average molecular weight is 243 g/mol. The van der Waals surface area contributed by atoms with Gasteiger partial charge in [-0.3, -0.25) is 0 Å². The van der Waals surface area contributed by atoms with Crippen molar-refractivity contribution in [1.82, 2.24) is 10.2 Å². The highest BCUT2D eigenvalue weighted by atomic mass is 16.6. The molecule has 0 radical (unpaired) electrons. The highest BCUT2D eigenvalue weighted by Gasteiger charge is 2.25. The zero-order valence-electron chi connectivity index (χ0n) is 11.2. The molecule has 1 heterocycles. The number of nitrogens with one attached hydrogen (secondary N) is 1. The van der Waals surface area contributed by atoms with Crippen molar-refractivity contribution in [3.63, 3.8) is 0 Å². The number of carbonyl (C=O) groups is 1. The lowest BCUT2D eigenvalue weighted by molar-refractivity contribution is 0.0506. The number of rotatable bonds is 4. The van der Waals surface area contributed by atoms with Crippen LogP contribution in [0, 0.1) is 0 Å². The van der Waals surface area contributed by atoms with E-state index in [9.17, 15) is 4.79 Å². The average Bonchev–Trinajstić information content (AvgIpc) is 2.59. The van der Waals surface area contributed by atoms with E-state index in [2.05, 4.69) is 10.2 Å². The summed E-state index contributed by atoms with van der Waals surface area (Å²) >= 11 is 0. The van der Waals surface area contributed by atoms with Gasteiger partial charge >= 0.3 is 6.09 Å². The lowest BCUT2D eigenvalue weighted by atomic mass is 10.2. The van der Waals surface area contributed by atoms with E-state index in [0.717, 1.165) is 39.0 Å². The smallest absolute Gasteiger partial charge is 0.407 e. The van der Waals surface area contributed by atoms with Crippen molar-refractivity contribution >= 4 is 6.09 Å². The van der Waals surface area contributed by atoms with E-state index < -0.39 is 5.60 Å². The first-order valence-electron chi connectivity index (χ1n) is 6.32. The van der Waals surface area contributed by atoms with Crippen LogP contribution < -0.4 is 11.1 Å². The maximum Gasteiger partial charge on any atom is 0.407 e. The molecular weight excluding hydrogens is 218 g/mol. The van der Waals surface area contributed by atoms with E-state index in [0.29, 0.717) is 0 Å². The molecule has 0 aromatic rings. The summed E-state index contributed by atoms with van der Waals surface area (Å²) in [4.78, 5) is 13.9. The van der Waals surface area contributed by atoms with E-state index in [-0.39, 0.29) is 12.1 Å². The maximum atomic E-state index is 11.6. The molecular formula is C12H25N3O2. The molecule has 0 bridgehead atoms. The van der Waals surface area contributed by atoms with E-state index in [1.54, 1.807) is 0 Å². The Morgan fingerprint density at radius 2 is 2.24 bits per heavy atom. The van der Waals surface area contributed by atoms with Gasteiger partial charge < -0.3 is 20.7 Å². The SMILES string of the molecule is CC(C)(C)OC(=O)NC1CCN(CCCN)C1. The normalized spacial score (nSPS) is 21.5. The van der Waals surface area contributed by atoms with Crippen LogP contribution in [-0.2, 0) is 4.74 Å². The van der Waals surface area contributed by atoms with Crippen LogP contribution >= 0.6 is 0 Å². The third-order valence-corrected chi connectivity index (χ3v) is 2.67. The van der Waals surface area contributed by atoms with Gasteiger partial charge in [-0.25, -0.2) is 4.79 Å². The summed E-state index contributed by atoms with van der Waals surface area (Å²) in [5.74, 6) is 0. The van der Waals surface area contributed by atoms with Crippen molar-refractivity contribution < 1.29 is 9.53 Å². The fraction of sp³-hybridized carbons (Fsp3) is 0.917. The Balaban J connectivity index is 2.23. The molecule has 1 aliphatic rings. The van der Waals surface area contributed by atoms with Crippen molar-refractivity contribution in [2.75, 3.05) is 26.2 Å². The second-order valence-electron chi connectivity index (χ2n) is 5.57. The van der Waals surface area contributed by atoms with Gasteiger partial charge in [0.25, 0.3) is 0 Å². The van der Waals surface area contributed by atoms with Crippen LogP contribution in [0.1, 0.15) is 33.6 Å². The molecule has 0 spiro atoms. The zero-order valence-corrected chi connectivity index (χ0v) is 11.2. The molecule has 0 aromatic carbocycles. The molecule has 17 heavy (non-hydrogen) atoms. The fourth-order valence-electron chi connectivity index (χ4n) is 1.94. The molecule has 1 aliphatic heterocycles. The molecule has 5 nitrogen and oxygen atoms in total. The number of alkyl carbamates (subject to hydrolysis) is 1. The Morgan fingerprint density at radius 1 is 1.53 bits per heavy atom. The first kappa shape index (κ1) is 14.3. The van der Waals surface area contributed by atoms with Crippen molar-refractivity contribution in [3.8, 4) is 0 Å². The second kappa shape index (κ2) is 6.21. The van der Waals surface area contributed by atoms with Crippen LogP contribution in [0.15, 0.2) is 0 Å². The quantitative estimate of drug-likeness (QED) is 0.771. The molecule has 1 amide bonds. The van der Waals surface area contributed by atoms with E-state index >= 15 is 0 Å². The van der Waals surface area contributed by atoms with Crippen LogP contribution in [0.25, 0.3) is 0 Å². The number of nitrogens with two attached hydrogens (primary N) is 1. The van der Waals surface area contributed by atoms with Crippen LogP contribution in [0.5, 0.6) is 0 Å². The summed E-state index contributed by atoms with van der Waals surface area (Å²) < 4.78 is 5.23. The van der Waals surface area contributed by atoms with Crippen LogP contribution in [0.3, 0.4) is 0 Å². The minimum absolute atomic E-state index is 0.211. The largest absolute Gasteiger partial charge is 0.444 e. The van der Waals surface area contributed by atoms with E-state index in [1.807, 2.05) is 20.8 Å². The lowest BCUT2D eigenvalue weighted by Crippen LogP contribution is -2.40. The van der Waals surface area contributed by atoms with E-state index in [4.69, 9.17) is 10.5 Å². The van der Waals surface area contributed by atoms with Gasteiger partial charge in [-0.1, -0.05) is 0 Å². The Hall–Kier alpha value is -0.810. The molecule has 0 aromatic heterocycles. The summed E-state index contributed by atoms with van der Waals surface area (Å²) in [7, 11) is 0. The van der Waals surface area contributed by atoms with Gasteiger partial charge in [0.2, 0.25) is 0 Å². The van der Waals surface area contributed by atoms with Crippen molar-refractivity contribution in [1.29, 1.82) is 0 Å². The highest BCUT2D eigenvalue weighted by Crippen LogP contribution is 2.11. The fourth-order valence-corrected chi connectivity index (χ4v) is 1.94. The van der Waals surface area contributed by atoms with Crippen LogP contribution in [0.4, 0.5) is 4.79 Å². The van der Waals surface area contributed by atoms with Gasteiger partial charge in [0.1, 0.15) is 5.60 Å². The molecule has 1 saturated heterocycles. The second-order valence-corrected chi connectivity index (χ2v) is 5.57. The van der Waals surface area contributed by atoms with Crippen molar-refractivity contribution in [2.24, 2.45) is 5.73 Å². The standard InChI is InChI=1S/C12H25N3O2/c1-12(2,3)17-11(16)14-10-5-8-15(9-10)7-4-6-13/h10H,4-9,13H2,1-3H3,(H,14,16). The minimum atomic E-state index is -0.429. The van der Waals surface area contributed by atoms with Gasteiger partial charge in [0.05, 0.1) is 0 Å². The molecule has 1 atom stereocenters. The van der Waals surface area contributed by atoms with Crippen LogP contribution in [-0.4, -0.2) is 48.8 Å². The highest BCUT2D eigenvalue weighted by molar-refractivity contribution is 5.68. The summed E-state index contributed by atoms with van der Waals surface area (Å²) in [6.45, 7) is 9.28. The number of carbonyl (C=O) groups excluding carboxylic acids is 1. The molecule has 1 unspecified atom stereocenters. The molecule has 3 N–H and O–H groups in total. The number of likely N-dealkylation sites (tertiary alicyclic amines) is 1. The lowest BCUT2D eigenvalue weighted by Gasteiger charge is -2.22.